The van der Waals surface area contributed by atoms with Gasteiger partial charge >= 0.3 is 0 Å². The van der Waals surface area contributed by atoms with Gasteiger partial charge in [-0.3, -0.25) is 9.89 Å². The van der Waals surface area contributed by atoms with Crippen molar-refractivity contribution < 1.29 is 4.79 Å². The van der Waals surface area contributed by atoms with Gasteiger partial charge in [0.25, 0.3) is 0 Å². The zero-order chi connectivity index (χ0) is 21.4. The van der Waals surface area contributed by atoms with Gasteiger partial charge in [0.2, 0.25) is 5.91 Å². The third kappa shape index (κ3) is 4.03. The van der Waals surface area contributed by atoms with E-state index in [-0.39, 0.29) is 11.9 Å². The Morgan fingerprint density at radius 2 is 1.94 bits per heavy atom. The minimum Gasteiger partial charge on any atom is -0.349 e. The summed E-state index contributed by atoms with van der Waals surface area (Å²) in [5.74, 6) is 0.101. The van der Waals surface area contributed by atoms with Gasteiger partial charge in [-0.15, -0.1) is 0 Å². The van der Waals surface area contributed by atoms with Crippen molar-refractivity contribution in [3.63, 3.8) is 0 Å². The van der Waals surface area contributed by atoms with Crippen molar-refractivity contribution in [3.05, 3.63) is 63.7 Å². The van der Waals surface area contributed by atoms with Gasteiger partial charge in [-0.1, -0.05) is 6.07 Å². The number of hydrogen-bond acceptors (Lipinski definition) is 3. The second kappa shape index (κ2) is 8.33. The predicted molar refractivity (Wildman–Crippen MR) is 120 cm³/mol. The third-order valence-electron chi connectivity index (χ3n) is 6.70. The van der Waals surface area contributed by atoms with Crippen LogP contribution in [0.3, 0.4) is 0 Å². The number of amides is 1. The molecule has 1 amide bonds. The summed E-state index contributed by atoms with van der Waals surface area (Å²) in [5, 5.41) is 15.6. The lowest BCUT2D eigenvalue weighted by Crippen LogP contribution is -2.31. The molecule has 1 unspecified atom stereocenters. The number of aromatic nitrogens is 4. The van der Waals surface area contributed by atoms with Crippen molar-refractivity contribution >= 4 is 5.91 Å². The summed E-state index contributed by atoms with van der Waals surface area (Å²) in [5.41, 5.74) is 9.68. The Morgan fingerprint density at radius 3 is 2.77 bits per heavy atom. The van der Waals surface area contributed by atoms with E-state index in [0.29, 0.717) is 12.8 Å². The number of hydrogen-bond donors (Lipinski definition) is 2. The molecule has 2 aliphatic rings. The summed E-state index contributed by atoms with van der Waals surface area (Å²) < 4.78 is 2.06. The number of nitrogens with zero attached hydrogens (tertiary/aromatic N) is 3. The molecule has 6 heteroatoms. The lowest BCUT2D eigenvalue weighted by Gasteiger charge is -2.24. The molecular formula is C25H31N5O. The first-order chi connectivity index (χ1) is 15.1. The standard InChI is InChI=1S/C25H31N5O/c1-16-12-17(2)14-18(13-16)30-24-9-5-8-21(20(24)15-26-30)27-25(31)11-10-23-19-6-3-4-7-22(19)28-29-23/h12-15,21H,3-11H2,1-2H3,(H,27,31)(H,28,29). The van der Waals surface area contributed by atoms with Crippen molar-refractivity contribution in [2.24, 2.45) is 0 Å². The van der Waals surface area contributed by atoms with E-state index in [1.165, 1.54) is 40.9 Å². The first-order valence-corrected chi connectivity index (χ1v) is 11.6. The van der Waals surface area contributed by atoms with Gasteiger partial charge in [-0.2, -0.15) is 10.2 Å². The Bertz CT molecular complexity index is 1090. The molecule has 3 aromatic rings. The van der Waals surface area contributed by atoms with E-state index in [1.54, 1.807) is 0 Å². The summed E-state index contributed by atoms with van der Waals surface area (Å²) in [6.45, 7) is 4.23. The average molecular weight is 418 g/mol. The van der Waals surface area contributed by atoms with Crippen LogP contribution in [0.15, 0.2) is 24.4 Å². The Kier molecular flexibility index (Phi) is 5.38. The van der Waals surface area contributed by atoms with Crippen molar-refractivity contribution in [3.8, 4) is 5.69 Å². The molecule has 0 saturated heterocycles. The highest BCUT2D eigenvalue weighted by molar-refractivity contribution is 5.76. The Balaban J connectivity index is 1.28. The van der Waals surface area contributed by atoms with E-state index in [4.69, 9.17) is 5.10 Å². The molecule has 2 heterocycles. The molecule has 2 aliphatic carbocycles. The summed E-state index contributed by atoms with van der Waals surface area (Å²) >= 11 is 0. The highest BCUT2D eigenvalue weighted by Gasteiger charge is 2.26. The summed E-state index contributed by atoms with van der Waals surface area (Å²) in [7, 11) is 0. The molecule has 1 aromatic carbocycles. The summed E-state index contributed by atoms with van der Waals surface area (Å²) in [6, 6.07) is 6.57. The molecule has 0 radical (unpaired) electrons. The van der Waals surface area contributed by atoms with Crippen LogP contribution in [-0.2, 0) is 30.5 Å². The van der Waals surface area contributed by atoms with Crippen LogP contribution in [0.25, 0.3) is 5.69 Å². The summed E-state index contributed by atoms with van der Waals surface area (Å²) in [6.07, 6.45) is 10.8. The van der Waals surface area contributed by atoms with Gasteiger partial charge < -0.3 is 5.32 Å². The van der Waals surface area contributed by atoms with E-state index in [0.717, 1.165) is 49.0 Å². The number of H-pyrrole nitrogens is 1. The first-order valence-electron chi connectivity index (χ1n) is 11.6. The molecule has 0 bridgehead atoms. The monoisotopic (exact) mass is 417 g/mol. The topological polar surface area (TPSA) is 75.6 Å². The summed E-state index contributed by atoms with van der Waals surface area (Å²) in [4.78, 5) is 12.8. The van der Waals surface area contributed by atoms with E-state index in [9.17, 15) is 4.79 Å². The van der Waals surface area contributed by atoms with Crippen LogP contribution in [-0.4, -0.2) is 25.9 Å². The Labute approximate surface area is 183 Å². The van der Waals surface area contributed by atoms with Gasteiger partial charge in [-0.25, -0.2) is 4.68 Å². The van der Waals surface area contributed by atoms with E-state index < -0.39 is 0 Å². The number of aromatic amines is 1. The fourth-order valence-corrected chi connectivity index (χ4v) is 5.26. The number of carbonyl (C=O) groups is 1. The number of rotatable bonds is 5. The predicted octanol–water partition coefficient (Wildman–Crippen LogP) is 4.22. The maximum Gasteiger partial charge on any atom is 0.220 e. The van der Waals surface area contributed by atoms with Gasteiger partial charge in [0.1, 0.15) is 0 Å². The number of aryl methyl sites for hydroxylation is 4. The van der Waals surface area contributed by atoms with Crippen LogP contribution in [0.5, 0.6) is 0 Å². The number of nitrogens with one attached hydrogen (secondary N) is 2. The second-order valence-electron chi connectivity index (χ2n) is 9.15. The first kappa shape index (κ1) is 20.0. The second-order valence-corrected chi connectivity index (χ2v) is 9.15. The number of benzene rings is 1. The average Bonchev–Trinajstić information content (AvgIpc) is 3.36. The maximum absolute atomic E-state index is 12.8. The molecule has 31 heavy (non-hydrogen) atoms. The number of carbonyl (C=O) groups excluding carboxylic acids is 1. The molecule has 1 atom stereocenters. The maximum atomic E-state index is 12.8. The molecule has 0 spiro atoms. The zero-order valence-electron chi connectivity index (χ0n) is 18.5. The highest BCUT2D eigenvalue weighted by atomic mass is 16.1. The van der Waals surface area contributed by atoms with Crippen LogP contribution < -0.4 is 5.32 Å². The molecular weight excluding hydrogens is 386 g/mol. The molecule has 0 saturated carbocycles. The van der Waals surface area contributed by atoms with Crippen LogP contribution in [0, 0.1) is 13.8 Å². The van der Waals surface area contributed by atoms with E-state index in [1.807, 2.05) is 6.20 Å². The third-order valence-corrected chi connectivity index (χ3v) is 6.70. The fourth-order valence-electron chi connectivity index (χ4n) is 5.26. The van der Waals surface area contributed by atoms with Gasteiger partial charge in [0, 0.05) is 29.8 Å². The molecule has 2 N–H and O–H groups in total. The smallest absolute Gasteiger partial charge is 0.220 e. The Hall–Kier alpha value is -2.89. The zero-order valence-corrected chi connectivity index (χ0v) is 18.5. The fraction of sp³-hybridized carbons (Fsp3) is 0.480. The van der Waals surface area contributed by atoms with Crippen molar-refractivity contribution in [1.82, 2.24) is 25.3 Å². The lowest BCUT2D eigenvalue weighted by atomic mass is 9.92. The number of fused-ring (bicyclic) bond motifs is 2. The van der Waals surface area contributed by atoms with Gasteiger partial charge in [-0.05, 0) is 87.6 Å². The van der Waals surface area contributed by atoms with E-state index in [2.05, 4.69) is 52.2 Å². The van der Waals surface area contributed by atoms with Crippen LogP contribution in [0.1, 0.15) is 77.5 Å². The van der Waals surface area contributed by atoms with Crippen molar-refractivity contribution in [2.75, 3.05) is 0 Å². The molecule has 0 fully saturated rings. The minimum atomic E-state index is 0.0454. The Morgan fingerprint density at radius 1 is 1.13 bits per heavy atom. The van der Waals surface area contributed by atoms with Crippen LogP contribution in [0.2, 0.25) is 0 Å². The lowest BCUT2D eigenvalue weighted by molar-refractivity contribution is -0.121. The molecule has 0 aliphatic heterocycles. The van der Waals surface area contributed by atoms with Crippen molar-refractivity contribution in [1.29, 1.82) is 0 Å². The quantitative estimate of drug-likeness (QED) is 0.653. The van der Waals surface area contributed by atoms with Crippen molar-refractivity contribution in [2.45, 2.75) is 77.7 Å². The normalized spacial score (nSPS) is 17.8. The van der Waals surface area contributed by atoms with Gasteiger partial charge in [0.05, 0.1) is 23.6 Å². The molecule has 2 aromatic heterocycles. The van der Waals surface area contributed by atoms with Crippen LogP contribution in [0.4, 0.5) is 0 Å². The van der Waals surface area contributed by atoms with Crippen LogP contribution >= 0.6 is 0 Å². The van der Waals surface area contributed by atoms with E-state index >= 15 is 0 Å². The molecule has 5 rings (SSSR count). The SMILES string of the molecule is Cc1cc(C)cc(-n2ncc3c2CCCC3NC(=O)CCc2n[nH]c3c2CCCC3)c1. The minimum absolute atomic E-state index is 0.0454. The molecule has 6 nitrogen and oxygen atoms in total. The molecule has 162 valence electrons. The van der Waals surface area contributed by atoms with Gasteiger partial charge in [0.15, 0.2) is 0 Å². The highest BCUT2D eigenvalue weighted by Crippen LogP contribution is 2.31. The largest absolute Gasteiger partial charge is 0.349 e.